The summed E-state index contributed by atoms with van der Waals surface area (Å²) in [5.41, 5.74) is 0.900. The molecule has 7 heteroatoms. The van der Waals surface area contributed by atoms with Crippen molar-refractivity contribution in [2.24, 2.45) is 5.92 Å². The number of nitriles is 1. The maximum absolute atomic E-state index is 11.6. The Kier molecular flexibility index (Phi) is 5.89. The highest BCUT2D eigenvalue weighted by molar-refractivity contribution is 6.01. The quantitative estimate of drug-likeness (QED) is 0.762. The van der Waals surface area contributed by atoms with E-state index in [4.69, 9.17) is 10.4 Å². The Morgan fingerprint density at radius 1 is 1.24 bits per heavy atom. The zero-order valence-corrected chi connectivity index (χ0v) is 11.4. The number of amides is 3. The number of hydrogen-bond donors (Lipinski definition) is 3. The Bertz CT molecular complexity index is 575. The van der Waals surface area contributed by atoms with Gasteiger partial charge < -0.3 is 10.4 Å². The Hall–Kier alpha value is -2.88. The number of anilines is 1. The van der Waals surface area contributed by atoms with Crippen LogP contribution in [-0.2, 0) is 9.59 Å². The fourth-order valence-corrected chi connectivity index (χ4v) is 1.65. The highest BCUT2D eigenvalue weighted by Gasteiger charge is 2.14. The number of rotatable bonds is 5. The van der Waals surface area contributed by atoms with Crippen molar-refractivity contribution in [2.75, 3.05) is 5.32 Å². The Balaban J connectivity index is 2.44. The van der Waals surface area contributed by atoms with E-state index in [1.54, 1.807) is 6.92 Å². The van der Waals surface area contributed by atoms with E-state index in [0.717, 1.165) is 0 Å². The Morgan fingerprint density at radius 2 is 1.86 bits per heavy atom. The first kappa shape index (κ1) is 16.2. The molecule has 0 radical (unpaired) electrons. The van der Waals surface area contributed by atoms with Crippen molar-refractivity contribution < 1.29 is 19.5 Å². The van der Waals surface area contributed by atoms with Gasteiger partial charge in [0.25, 0.3) is 0 Å². The predicted molar refractivity (Wildman–Crippen MR) is 74.4 cm³/mol. The van der Waals surface area contributed by atoms with Gasteiger partial charge in [-0.15, -0.1) is 0 Å². The van der Waals surface area contributed by atoms with Gasteiger partial charge in [0.1, 0.15) is 0 Å². The molecule has 0 aromatic heterocycles. The molecule has 1 rings (SSSR count). The number of imide groups is 1. The van der Waals surface area contributed by atoms with Gasteiger partial charge in [-0.25, -0.2) is 4.79 Å². The fraction of sp³-hybridized carbons (Fsp3) is 0.286. The molecular formula is C14H15N3O4. The van der Waals surface area contributed by atoms with Crippen LogP contribution in [0.1, 0.15) is 25.3 Å². The molecule has 0 heterocycles. The van der Waals surface area contributed by atoms with Crippen molar-refractivity contribution in [3.63, 3.8) is 0 Å². The lowest BCUT2D eigenvalue weighted by atomic mass is 10.0. The number of carboxylic acid groups (broad SMARTS) is 1. The largest absolute Gasteiger partial charge is 0.481 e. The minimum atomic E-state index is -0.989. The third kappa shape index (κ3) is 6.20. The van der Waals surface area contributed by atoms with E-state index >= 15 is 0 Å². The van der Waals surface area contributed by atoms with Crippen molar-refractivity contribution in [1.29, 1.82) is 5.26 Å². The van der Waals surface area contributed by atoms with Gasteiger partial charge in [-0.3, -0.25) is 14.9 Å². The third-order valence-electron chi connectivity index (χ3n) is 2.58. The molecule has 0 saturated carbocycles. The van der Waals surface area contributed by atoms with E-state index < -0.39 is 17.9 Å². The molecule has 1 aromatic rings. The molecule has 0 aliphatic heterocycles. The second-order valence-electron chi connectivity index (χ2n) is 4.60. The van der Waals surface area contributed by atoms with Crippen LogP contribution in [0, 0.1) is 17.2 Å². The molecule has 0 fully saturated rings. The molecule has 1 aromatic carbocycles. The van der Waals surface area contributed by atoms with Crippen LogP contribution in [0.5, 0.6) is 0 Å². The topological polar surface area (TPSA) is 119 Å². The molecule has 0 bridgehead atoms. The highest BCUT2D eigenvalue weighted by atomic mass is 16.4. The predicted octanol–water partition coefficient (Wildman–Crippen LogP) is 1.71. The van der Waals surface area contributed by atoms with E-state index in [0.29, 0.717) is 11.3 Å². The van der Waals surface area contributed by atoms with Crippen molar-refractivity contribution in [3.05, 3.63) is 29.8 Å². The number of benzene rings is 1. The number of aliphatic carboxylic acids is 1. The summed E-state index contributed by atoms with van der Waals surface area (Å²) >= 11 is 0. The lowest BCUT2D eigenvalue weighted by Gasteiger charge is -2.09. The molecule has 110 valence electrons. The summed E-state index contributed by atoms with van der Waals surface area (Å²) in [6.45, 7) is 1.62. The molecule has 0 spiro atoms. The summed E-state index contributed by atoms with van der Waals surface area (Å²) < 4.78 is 0. The van der Waals surface area contributed by atoms with Crippen LogP contribution >= 0.6 is 0 Å². The van der Waals surface area contributed by atoms with Crippen LogP contribution < -0.4 is 10.6 Å². The van der Waals surface area contributed by atoms with Crippen LogP contribution in [-0.4, -0.2) is 23.0 Å². The number of hydrogen-bond acceptors (Lipinski definition) is 4. The van der Waals surface area contributed by atoms with Gasteiger partial charge in [0.05, 0.1) is 11.6 Å². The molecule has 0 aliphatic carbocycles. The number of nitrogens with one attached hydrogen (secondary N) is 2. The molecule has 21 heavy (non-hydrogen) atoms. The first-order chi connectivity index (χ1) is 9.90. The van der Waals surface area contributed by atoms with Gasteiger partial charge in [0.15, 0.2) is 0 Å². The fourth-order valence-electron chi connectivity index (χ4n) is 1.65. The van der Waals surface area contributed by atoms with E-state index in [1.165, 1.54) is 24.3 Å². The summed E-state index contributed by atoms with van der Waals surface area (Å²) in [5.74, 6) is -1.89. The molecule has 3 N–H and O–H groups in total. The van der Waals surface area contributed by atoms with Crippen LogP contribution in [0.15, 0.2) is 24.3 Å². The SMILES string of the molecule is CC(CC(=O)O)CC(=O)NC(=O)Nc1ccc(C#N)cc1. The van der Waals surface area contributed by atoms with E-state index in [1.807, 2.05) is 6.07 Å². The van der Waals surface area contributed by atoms with Crippen molar-refractivity contribution in [3.8, 4) is 6.07 Å². The Morgan fingerprint density at radius 3 is 2.38 bits per heavy atom. The lowest BCUT2D eigenvalue weighted by Crippen LogP contribution is -2.35. The minimum Gasteiger partial charge on any atom is -0.481 e. The molecule has 7 nitrogen and oxygen atoms in total. The van der Waals surface area contributed by atoms with E-state index in [-0.39, 0.29) is 18.8 Å². The van der Waals surface area contributed by atoms with Crippen LogP contribution in [0.4, 0.5) is 10.5 Å². The Labute approximate surface area is 121 Å². The normalized spacial score (nSPS) is 11.0. The van der Waals surface area contributed by atoms with Crippen molar-refractivity contribution in [2.45, 2.75) is 19.8 Å². The molecule has 3 amide bonds. The lowest BCUT2D eigenvalue weighted by molar-refractivity contribution is -0.138. The van der Waals surface area contributed by atoms with E-state index in [2.05, 4.69) is 10.6 Å². The first-order valence-corrected chi connectivity index (χ1v) is 6.23. The molecule has 0 saturated heterocycles. The molecular weight excluding hydrogens is 274 g/mol. The molecule has 1 unspecified atom stereocenters. The minimum absolute atomic E-state index is 0.0485. The smallest absolute Gasteiger partial charge is 0.325 e. The van der Waals surface area contributed by atoms with Crippen LogP contribution in [0.3, 0.4) is 0 Å². The van der Waals surface area contributed by atoms with E-state index in [9.17, 15) is 14.4 Å². The van der Waals surface area contributed by atoms with Gasteiger partial charge in [-0.2, -0.15) is 5.26 Å². The number of carbonyl (C=O) groups excluding carboxylic acids is 2. The van der Waals surface area contributed by atoms with Crippen molar-refractivity contribution >= 4 is 23.6 Å². The zero-order chi connectivity index (χ0) is 15.8. The number of carbonyl (C=O) groups is 3. The monoisotopic (exact) mass is 289 g/mol. The number of nitrogens with zero attached hydrogens (tertiary/aromatic N) is 1. The first-order valence-electron chi connectivity index (χ1n) is 6.23. The maximum Gasteiger partial charge on any atom is 0.325 e. The number of carboxylic acids is 1. The standard InChI is InChI=1S/C14H15N3O4/c1-9(7-13(19)20)6-12(18)17-14(21)16-11-4-2-10(8-15)3-5-11/h2-5,9H,6-7H2,1H3,(H,19,20)(H2,16,17,18,21). The number of urea groups is 1. The summed E-state index contributed by atoms with van der Waals surface area (Å²) in [7, 11) is 0. The second-order valence-corrected chi connectivity index (χ2v) is 4.60. The summed E-state index contributed by atoms with van der Waals surface area (Å²) in [6.07, 6.45) is -0.183. The van der Waals surface area contributed by atoms with Crippen LogP contribution in [0.25, 0.3) is 0 Å². The summed E-state index contributed by atoms with van der Waals surface area (Å²) in [5, 5.41) is 21.8. The maximum atomic E-state index is 11.6. The summed E-state index contributed by atoms with van der Waals surface area (Å²) in [4.78, 5) is 33.6. The summed E-state index contributed by atoms with van der Waals surface area (Å²) in [6, 6.07) is 7.39. The van der Waals surface area contributed by atoms with Crippen LogP contribution in [0.2, 0.25) is 0 Å². The van der Waals surface area contributed by atoms with Gasteiger partial charge >= 0.3 is 12.0 Å². The molecule has 0 aliphatic rings. The van der Waals surface area contributed by atoms with Gasteiger partial charge in [0, 0.05) is 18.5 Å². The highest BCUT2D eigenvalue weighted by Crippen LogP contribution is 2.09. The van der Waals surface area contributed by atoms with Crippen molar-refractivity contribution in [1.82, 2.24) is 5.32 Å². The van der Waals surface area contributed by atoms with Gasteiger partial charge in [0.2, 0.25) is 5.91 Å². The van der Waals surface area contributed by atoms with Gasteiger partial charge in [-0.1, -0.05) is 6.92 Å². The third-order valence-corrected chi connectivity index (χ3v) is 2.58. The van der Waals surface area contributed by atoms with Gasteiger partial charge in [-0.05, 0) is 30.2 Å². The average Bonchev–Trinajstić information content (AvgIpc) is 2.37. The average molecular weight is 289 g/mol. The molecule has 1 atom stereocenters. The zero-order valence-electron chi connectivity index (χ0n) is 11.4. The second kappa shape index (κ2) is 7.65.